The van der Waals surface area contributed by atoms with Gasteiger partial charge in [-0.25, -0.2) is 13.1 Å². The van der Waals surface area contributed by atoms with Crippen molar-refractivity contribution in [1.82, 2.24) is 15.5 Å². The number of fused-ring (bicyclic) bond motifs is 1. The number of alkyl halides is 1. The van der Waals surface area contributed by atoms with Crippen molar-refractivity contribution in [3.05, 3.63) is 90.1 Å². The highest BCUT2D eigenvalue weighted by Crippen LogP contribution is 2.30. The zero-order valence-corrected chi connectivity index (χ0v) is 25.4. The summed E-state index contributed by atoms with van der Waals surface area (Å²) in [5, 5.41) is 13.0. The van der Waals surface area contributed by atoms with Crippen LogP contribution in [0, 0.1) is 5.92 Å². The van der Waals surface area contributed by atoms with E-state index in [2.05, 4.69) is 31.4 Å². The molecule has 0 spiro atoms. The molecule has 0 radical (unpaired) electrons. The quantitative estimate of drug-likeness (QED) is 0.204. The fourth-order valence-corrected chi connectivity index (χ4v) is 6.79. The summed E-state index contributed by atoms with van der Waals surface area (Å²) in [7, 11) is -4.03. The van der Waals surface area contributed by atoms with Crippen molar-refractivity contribution in [3.63, 3.8) is 0 Å². The average Bonchev–Trinajstić information content (AvgIpc) is 3.39. The Bertz CT molecular complexity index is 1610. The molecule has 0 bridgehead atoms. The van der Waals surface area contributed by atoms with Crippen LogP contribution in [0.5, 0.6) is 0 Å². The largest absolute Gasteiger partial charge is 0.481 e. The number of nitrogens with one attached hydrogen (secondary N) is 3. The number of amides is 1. The van der Waals surface area contributed by atoms with Crippen LogP contribution in [0.1, 0.15) is 25.8 Å². The van der Waals surface area contributed by atoms with E-state index in [0.717, 1.165) is 10.9 Å². The van der Waals surface area contributed by atoms with Gasteiger partial charge in [0.1, 0.15) is 0 Å². The number of ketones is 1. The van der Waals surface area contributed by atoms with Gasteiger partial charge in [-0.15, -0.1) is 0 Å². The van der Waals surface area contributed by atoms with Gasteiger partial charge in [-0.05, 0) is 29.0 Å². The van der Waals surface area contributed by atoms with Crippen molar-refractivity contribution in [2.24, 2.45) is 5.92 Å². The lowest BCUT2D eigenvalue weighted by molar-refractivity contribution is -0.147. The third-order valence-corrected chi connectivity index (χ3v) is 9.01. The molecule has 1 amide bonds. The van der Waals surface area contributed by atoms with Crippen LogP contribution in [0.15, 0.2) is 89.5 Å². The molecule has 3 aromatic rings. The Morgan fingerprint density at radius 2 is 1.67 bits per heavy atom. The van der Waals surface area contributed by atoms with Gasteiger partial charge in [0.05, 0.1) is 34.4 Å². The zero-order valence-electron chi connectivity index (χ0n) is 23.0. The number of carbonyl (C=O) groups is 3. The average molecular weight is 659 g/mol. The van der Waals surface area contributed by atoms with Crippen LogP contribution >= 0.6 is 15.9 Å². The Kier molecular flexibility index (Phi) is 9.82. The van der Waals surface area contributed by atoms with E-state index >= 15 is 0 Å². The Morgan fingerprint density at radius 3 is 2.33 bits per heavy atom. The molecule has 3 aromatic carbocycles. The molecule has 12 heteroatoms. The van der Waals surface area contributed by atoms with E-state index < -0.39 is 51.8 Å². The number of halogens is 1. The number of hydrogen-bond donors (Lipinski definition) is 4. The number of carboxylic acids is 1. The van der Waals surface area contributed by atoms with E-state index in [1.54, 1.807) is 42.5 Å². The topological polar surface area (TPSA) is 151 Å². The van der Waals surface area contributed by atoms with Crippen molar-refractivity contribution in [3.8, 4) is 0 Å². The first kappa shape index (κ1) is 31.4. The van der Waals surface area contributed by atoms with Crippen molar-refractivity contribution in [1.29, 1.82) is 0 Å². The molecular weight excluding hydrogens is 626 g/mol. The summed E-state index contributed by atoms with van der Waals surface area (Å²) in [6.45, 7) is 3.65. The fourth-order valence-electron chi connectivity index (χ4n) is 4.80. The minimum Gasteiger partial charge on any atom is -0.481 e. The zero-order chi connectivity index (χ0) is 30.5. The summed E-state index contributed by atoms with van der Waals surface area (Å²) in [6.07, 6.45) is 0.919. The number of sulfonamides is 1. The molecule has 222 valence electrons. The normalized spacial score (nSPS) is 18.2. The maximum atomic E-state index is 13.8. The Labute approximate surface area is 252 Å². The molecule has 4 N–H and O–H groups in total. The summed E-state index contributed by atoms with van der Waals surface area (Å²) in [5.74, 6) is -2.79. The number of aliphatic carboxylic acids is 1. The van der Waals surface area contributed by atoms with E-state index in [-0.39, 0.29) is 22.6 Å². The molecule has 0 fully saturated rings. The summed E-state index contributed by atoms with van der Waals surface area (Å²) in [5.41, 5.74) is 2.09. The molecule has 1 aliphatic heterocycles. The second-order valence-electron chi connectivity index (χ2n) is 10.4. The smallest absolute Gasteiger partial charge is 0.305 e. The number of Topliss-reactive ketones (excluding diaryl/α,β-unsaturated/α-hetero) is 1. The van der Waals surface area contributed by atoms with Gasteiger partial charge < -0.3 is 10.4 Å². The molecule has 42 heavy (non-hydrogen) atoms. The number of carboxylic acid groups (broad SMARTS) is 1. The molecule has 0 aliphatic carbocycles. The lowest BCUT2D eigenvalue weighted by atomic mass is 9.90. The minimum atomic E-state index is -4.03. The van der Waals surface area contributed by atoms with Crippen molar-refractivity contribution < 1.29 is 32.7 Å². The van der Waals surface area contributed by atoms with Gasteiger partial charge in [-0.2, -0.15) is 0 Å². The first-order valence-electron chi connectivity index (χ1n) is 13.3. The molecule has 1 aliphatic rings. The van der Waals surface area contributed by atoms with Crippen molar-refractivity contribution in [2.75, 3.05) is 5.33 Å². The molecular formula is C30H32BrN3O7S. The Hall–Kier alpha value is -3.58. The van der Waals surface area contributed by atoms with Crippen LogP contribution in [0.3, 0.4) is 0 Å². The van der Waals surface area contributed by atoms with E-state index in [1.807, 2.05) is 38.1 Å². The number of hydrogen-bond acceptors (Lipinski definition) is 7. The second-order valence-corrected chi connectivity index (χ2v) is 12.6. The first-order valence-corrected chi connectivity index (χ1v) is 15.9. The van der Waals surface area contributed by atoms with Crippen LogP contribution in [-0.2, 0) is 35.7 Å². The fraction of sp³-hybridized carbons (Fsp3) is 0.300. The van der Waals surface area contributed by atoms with Crippen LogP contribution in [0.2, 0.25) is 0 Å². The van der Waals surface area contributed by atoms with Gasteiger partial charge in [0.25, 0.3) is 5.91 Å². The highest BCUT2D eigenvalue weighted by molar-refractivity contribution is 9.09. The van der Waals surface area contributed by atoms with Gasteiger partial charge in [0.2, 0.25) is 10.0 Å². The van der Waals surface area contributed by atoms with Crippen molar-refractivity contribution in [2.45, 2.75) is 49.3 Å². The lowest BCUT2D eigenvalue weighted by Crippen LogP contribution is -2.54. The van der Waals surface area contributed by atoms with Crippen LogP contribution in [-0.4, -0.2) is 54.2 Å². The lowest BCUT2D eigenvalue weighted by Gasteiger charge is -2.27. The predicted octanol–water partition coefficient (Wildman–Crippen LogP) is 3.47. The number of carbonyl (C=O) groups excluding carboxylic acids is 2. The Balaban J connectivity index is 1.71. The number of benzene rings is 3. The molecule has 3 atom stereocenters. The first-order chi connectivity index (χ1) is 20.0. The van der Waals surface area contributed by atoms with Crippen molar-refractivity contribution >= 4 is 54.4 Å². The summed E-state index contributed by atoms with van der Waals surface area (Å²) in [6, 6.07) is 19.1. The number of rotatable bonds is 13. The molecule has 1 heterocycles. The van der Waals surface area contributed by atoms with Gasteiger partial charge in [-0.1, -0.05) is 96.5 Å². The SMILES string of the molecule is CC(C)[C@H](NS(=O)(=O)c1cccc2ccccc12)C1=CC(Cc2ccccc2)(C(=O)N[C@@H](CC(=O)O)C(=O)CBr)ON1. The maximum absolute atomic E-state index is 13.8. The maximum Gasteiger partial charge on any atom is 0.305 e. The van der Waals surface area contributed by atoms with Gasteiger partial charge in [0.15, 0.2) is 11.4 Å². The van der Waals surface area contributed by atoms with Crippen LogP contribution < -0.4 is 15.5 Å². The van der Waals surface area contributed by atoms with E-state index in [4.69, 9.17) is 4.84 Å². The second kappa shape index (κ2) is 13.2. The summed E-state index contributed by atoms with van der Waals surface area (Å²) < 4.78 is 30.1. The molecule has 0 saturated carbocycles. The Morgan fingerprint density at radius 1 is 1.00 bits per heavy atom. The molecule has 1 unspecified atom stereocenters. The third-order valence-electron chi connectivity index (χ3n) is 6.96. The highest BCUT2D eigenvalue weighted by Gasteiger charge is 2.46. The minimum absolute atomic E-state index is 0.0271. The molecule has 4 rings (SSSR count). The molecule has 0 saturated heterocycles. The van der Waals surface area contributed by atoms with Crippen LogP contribution in [0.25, 0.3) is 10.8 Å². The van der Waals surface area contributed by atoms with Crippen LogP contribution in [0.4, 0.5) is 0 Å². The number of hydroxylamine groups is 1. The van der Waals surface area contributed by atoms with E-state index in [1.165, 1.54) is 12.1 Å². The highest BCUT2D eigenvalue weighted by atomic mass is 79.9. The third kappa shape index (κ3) is 7.06. The van der Waals surface area contributed by atoms with E-state index in [9.17, 15) is 27.9 Å². The predicted molar refractivity (Wildman–Crippen MR) is 161 cm³/mol. The molecule has 10 nitrogen and oxygen atoms in total. The molecule has 0 aromatic heterocycles. The standard InChI is InChI=1S/C30H32BrN3O7S/c1-19(2)28(34-42(39,40)26-14-8-12-21-11-6-7-13-22(21)26)24-17-30(41-33-24,16-20-9-4-3-5-10-20)29(38)32-23(15-27(36)37)25(35)18-31/h3-14,17,19,23,28,33-34H,15-16,18H2,1-2H3,(H,32,38)(H,36,37)/t23-,28-,30?/m0/s1. The van der Waals surface area contributed by atoms with Gasteiger partial charge in [0, 0.05) is 11.8 Å². The summed E-state index contributed by atoms with van der Waals surface area (Å²) >= 11 is 3.04. The summed E-state index contributed by atoms with van der Waals surface area (Å²) in [4.78, 5) is 43.6. The van der Waals surface area contributed by atoms with Gasteiger partial charge >= 0.3 is 5.97 Å². The monoisotopic (exact) mass is 657 g/mol. The van der Waals surface area contributed by atoms with Gasteiger partial charge in [-0.3, -0.25) is 24.7 Å². The van der Waals surface area contributed by atoms with E-state index in [0.29, 0.717) is 11.1 Å².